The van der Waals surface area contributed by atoms with E-state index in [1.165, 1.54) is 11.1 Å². The fourth-order valence-electron chi connectivity index (χ4n) is 1.22. The number of rotatable bonds is 0. The van der Waals surface area contributed by atoms with Crippen molar-refractivity contribution in [2.24, 2.45) is 0 Å². The highest BCUT2D eigenvalue weighted by atomic mass is 79.9. The second-order valence-electron chi connectivity index (χ2n) is 2.59. The SMILES string of the molecule is CC1=Cc2c(Br)coc2C1. The third kappa shape index (κ3) is 0.754. The first-order chi connectivity index (χ1) is 4.77. The molecule has 0 radical (unpaired) electrons. The lowest BCUT2D eigenvalue weighted by atomic mass is 10.3. The van der Waals surface area contributed by atoms with Gasteiger partial charge in [0.05, 0.1) is 4.47 Å². The van der Waals surface area contributed by atoms with Crippen LogP contribution in [0.3, 0.4) is 0 Å². The van der Waals surface area contributed by atoms with Gasteiger partial charge in [-0.05, 0) is 22.9 Å². The molecular weight excluding hydrogens is 192 g/mol. The summed E-state index contributed by atoms with van der Waals surface area (Å²) < 4.78 is 6.35. The van der Waals surface area contributed by atoms with E-state index in [0.29, 0.717) is 0 Å². The molecule has 0 spiro atoms. The zero-order valence-electron chi connectivity index (χ0n) is 5.65. The highest BCUT2D eigenvalue weighted by Gasteiger charge is 2.15. The van der Waals surface area contributed by atoms with E-state index in [9.17, 15) is 0 Å². The average molecular weight is 199 g/mol. The van der Waals surface area contributed by atoms with Crippen LogP contribution < -0.4 is 0 Å². The quantitative estimate of drug-likeness (QED) is 0.625. The molecule has 0 fully saturated rings. The molecule has 0 atom stereocenters. The maximum absolute atomic E-state index is 5.28. The van der Waals surface area contributed by atoms with E-state index in [-0.39, 0.29) is 0 Å². The van der Waals surface area contributed by atoms with Gasteiger partial charge in [-0.25, -0.2) is 0 Å². The minimum atomic E-state index is 0.973. The maximum Gasteiger partial charge on any atom is 0.116 e. The van der Waals surface area contributed by atoms with Crippen molar-refractivity contribution in [3.63, 3.8) is 0 Å². The molecule has 1 heterocycles. The number of fused-ring (bicyclic) bond motifs is 1. The summed E-state index contributed by atoms with van der Waals surface area (Å²) >= 11 is 3.41. The largest absolute Gasteiger partial charge is 0.467 e. The molecule has 0 saturated heterocycles. The van der Waals surface area contributed by atoms with E-state index in [0.717, 1.165) is 16.7 Å². The summed E-state index contributed by atoms with van der Waals surface area (Å²) in [5.74, 6) is 1.09. The van der Waals surface area contributed by atoms with Crippen LogP contribution in [0.15, 0.2) is 20.7 Å². The molecular formula is C8H7BrO. The van der Waals surface area contributed by atoms with Crippen molar-refractivity contribution in [3.05, 3.63) is 27.6 Å². The lowest BCUT2D eigenvalue weighted by molar-refractivity contribution is 0.521. The third-order valence-corrected chi connectivity index (χ3v) is 2.31. The Balaban J connectivity index is 2.59. The number of halogens is 1. The summed E-state index contributed by atoms with van der Waals surface area (Å²) in [4.78, 5) is 0. The lowest BCUT2D eigenvalue weighted by Crippen LogP contribution is -1.74. The van der Waals surface area contributed by atoms with Crippen molar-refractivity contribution in [1.82, 2.24) is 0 Å². The molecule has 1 aromatic heterocycles. The molecule has 2 rings (SSSR count). The first-order valence-electron chi connectivity index (χ1n) is 3.20. The van der Waals surface area contributed by atoms with Crippen LogP contribution in [0.5, 0.6) is 0 Å². The highest BCUT2D eigenvalue weighted by Crippen LogP contribution is 2.32. The Bertz CT molecular complexity index is 296. The summed E-state index contributed by atoms with van der Waals surface area (Å²) in [6.45, 7) is 2.11. The average Bonchev–Trinajstić information content (AvgIpc) is 2.35. The van der Waals surface area contributed by atoms with Crippen molar-refractivity contribution >= 4 is 22.0 Å². The molecule has 0 N–H and O–H groups in total. The van der Waals surface area contributed by atoms with E-state index in [1.54, 1.807) is 6.26 Å². The van der Waals surface area contributed by atoms with Crippen LogP contribution in [0, 0.1) is 0 Å². The van der Waals surface area contributed by atoms with Crippen LogP contribution in [0.25, 0.3) is 6.08 Å². The van der Waals surface area contributed by atoms with E-state index >= 15 is 0 Å². The number of hydrogen-bond donors (Lipinski definition) is 0. The number of furan rings is 1. The molecule has 0 saturated carbocycles. The van der Waals surface area contributed by atoms with Crippen molar-refractivity contribution in [2.75, 3.05) is 0 Å². The summed E-state index contributed by atoms with van der Waals surface area (Å²) in [5.41, 5.74) is 2.59. The summed E-state index contributed by atoms with van der Waals surface area (Å²) in [7, 11) is 0. The standard InChI is InChI=1S/C8H7BrO/c1-5-2-6-7(9)4-10-8(6)3-5/h2,4H,3H2,1H3. The molecule has 0 aromatic carbocycles. The molecule has 0 amide bonds. The van der Waals surface area contributed by atoms with Gasteiger partial charge in [0.2, 0.25) is 0 Å². The fourth-order valence-corrected chi connectivity index (χ4v) is 1.65. The van der Waals surface area contributed by atoms with Gasteiger partial charge < -0.3 is 4.42 Å². The van der Waals surface area contributed by atoms with Gasteiger partial charge in [-0.3, -0.25) is 0 Å². The van der Waals surface area contributed by atoms with E-state index in [1.807, 2.05) is 0 Å². The summed E-state index contributed by atoms with van der Waals surface area (Å²) in [6.07, 6.45) is 4.87. The molecule has 1 nitrogen and oxygen atoms in total. The molecule has 1 aliphatic carbocycles. The highest BCUT2D eigenvalue weighted by molar-refractivity contribution is 9.10. The minimum Gasteiger partial charge on any atom is -0.467 e. The molecule has 0 aliphatic heterocycles. The van der Waals surface area contributed by atoms with Crippen LogP contribution in [0.2, 0.25) is 0 Å². The van der Waals surface area contributed by atoms with Crippen LogP contribution in [0.4, 0.5) is 0 Å². The Morgan fingerprint density at radius 2 is 2.40 bits per heavy atom. The van der Waals surface area contributed by atoms with Gasteiger partial charge in [-0.15, -0.1) is 0 Å². The van der Waals surface area contributed by atoms with Gasteiger partial charge >= 0.3 is 0 Å². The van der Waals surface area contributed by atoms with E-state index in [2.05, 4.69) is 28.9 Å². The van der Waals surface area contributed by atoms with Gasteiger partial charge in [0.15, 0.2) is 0 Å². The Labute approximate surface area is 67.9 Å². The molecule has 52 valence electrons. The smallest absolute Gasteiger partial charge is 0.116 e. The maximum atomic E-state index is 5.28. The monoisotopic (exact) mass is 198 g/mol. The topological polar surface area (TPSA) is 13.1 Å². The first-order valence-corrected chi connectivity index (χ1v) is 3.99. The summed E-state index contributed by atoms with van der Waals surface area (Å²) in [5, 5.41) is 0. The second kappa shape index (κ2) is 1.99. The number of hydrogen-bond acceptors (Lipinski definition) is 1. The Morgan fingerprint density at radius 1 is 1.60 bits per heavy atom. The van der Waals surface area contributed by atoms with Gasteiger partial charge in [0.1, 0.15) is 12.0 Å². The number of allylic oxidation sites excluding steroid dienone is 1. The van der Waals surface area contributed by atoms with Crippen LogP contribution in [-0.4, -0.2) is 0 Å². The van der Waals surface area contributed by atoms with E-state index in [4.69, 9.17) is 4.42 Å². The normalized spacial score (nSPS) is 15.2. The van der Waals surface area contributed by atoms with Gasteiger partial charge in [0.25, 0.3) is 0 Å². The zero-order chi connectivity index (χ0) is 7.14. The zero-order valence-corrected chi connectivity index (χ0v) is 7.23. The predicted molar refractivity (Wildman–Crippen MR) is 43.8 cm³/mol. The van der Waals surface area contributed by atoms with Gasteiger partial charge in [-0.2, -0.15) is 0 Å². The molecule has 0 unspecified atom stereocenters. The van der Waals surface area contributed by atoms with Crippen molar-refractivity contribution in [1.29, 1.82) is 0 Å². The predicted octanol–water partition coefficient (Wildman–Crippen LogP) is 3.00. The third-order valence-electron chi connectivity index (χ3n) is 1.69. The van der Waals surface area contributed by atoms with Crippen molar-refractivity contribution in [2.45, 2.75) is 13.3 Å². The Morgan fingerprint density at radius 3 is 3.10 bits per heavy atom. The fraction of sp³-hybridized carbons (Fsp3) is 0.250. The van der Waals surface area contributed by atoms with Gasteiger partial charge in [0, 0.05) is 12.0 Å². The van der Waals surface area contributed by atoms with Crippen LogP contribution in [0.1, 0.15) is 18.2 Å². The van der Waals surface area contributed by atoms with Crippen molar-refractivity contribution in [3.8, 4) is 0 Å². The minimum absolute atomic E-state index is 0.973. The molecule has 0 bridgehead atoms. The molecule has 2 heteroatoms. The lowest BCUT2D eigenvalue weighted by Gasteiger charge is -1.85. The second-order valence-corrected chi connectivity index (χ2v) is 3.44. The molecule has 10 heavy (non-hydrogen) atoms. The summed E-state index contributed by atoms with van der Waals surface area (Å²) in [6, 6.07) is 0. The Kier molecular flexibility index (Phi) is 1.24. The van der Waals surface area contributed by atoms with Crippen LogP contribution in [-0.2, 0) is 6.42 Å². The van der Waals surface area contributed by atoms with Crippen molar-refractivity contribution < 1.29 is 4.42 Å². The molecule has 1 aliphatic rings. The van der Waals surface area contributed by atoms with Crippen LogP contribution >= 0.6 is 15.9 Å². The van der Waals surface area contributed by atoms with Gasteiger partial charge in [-0.1, -0.05) is 11.6 Å². The van der Waals surface area contributed by atoms with E-state index < -0.39 is 0 Å². The first kappa shape index (κ1) is 6.23. The Hall–Kier alpha value is -0.500. The molecule has 1 aromatic rings.